The molecule has 0 aliphatic heterocycles. The minimum Gasteiger partial charge on any atom is -0.0622 e. The molecule has 10 aromatic rings. The standard InChI is InChI=1S/C52H32/c1-2-15-33(16-3-1)48-31-34-17-4-5-18-35(34)32-49(48)52-43-25-12-10-23-41(43)51(42-24-11-13-26-44(42)52)47-30-29-46-39-22-9-7-20-37(39)36-19-6-8-21-38(36)40-27-14-28-45(47)50(40)46/h1-32H. The molecule has 1 aliphatic carbocycles. The van der Waals surface area contributed by atoms with Crippen molar-refractivity contribution in [3.8, 4) is 66.8 Å². The molecule has 0 radical (unpaired) electrons. The molecule has 0 bridgehead atoms. The summed E-state index contributed by atoms with van der Waals surface area (Å²) in [6.07, 6.45) is 0. The fourth-order valence-electron chi connectivity index (χ4n) is 8.99. The molecular formula is C52H32. The molecule has 1 aliphatic rings. The molecule has 0 nitrogen and oxygen atoms in total. The summed E-state index contributed by atoms with van der Waals surface area (Å²) in [6, 6.07) is 71.9. The molecule has 0 saturated heterocycles. The second-order valence-electron chi connectivity index (χ2n) is 13.9. The lowest BCUT2D eigenvalue weighted by Crippen LogP contribution is -1.94. The maximum absolute atomic E-state index is 2.41. The largest absolute Gasteiger partial charge is 0.0622 e. The normalized spacial score (nSPS) is 11.8. The van der Waals surface area contributed by atoms with E-state index in [1.54, 1.807) is 0 Å². The molecule has 11 rings (SSSR count). The first-order valence-electron chi connectivity index (χ1n) is 18.1. The van der Waals surface area contributed by atoms with Crippen LogP contribution in [0.3, 0.4) is 0 Å². The third-order valence-corrected chi connectivity index (χ3v) is 11.2. The molecule has 240 valence electrons. The smallest absolute Gasteiger partial charge is 0.00199 e. The molecule has 0 saturated carbocycles. The van der Waals surface area contributed by atoms with Gasteiger partial charge in [0.2, 0.25) is 0 Å². The van der Waals surface area contributed by atoms with Crippen molar-refractivity contribution >= 4 is 43.1 Å². The van der Waals surface area contributed by atoms with E-state index in [2.05, 4.69) is 194 Å². The molecule has 0 heterocycles. The van der Waals surface area contributed by atoms with Gasteiger partial charge in [0, 0.05) is 0 Å². The number of hydrogen-bond donors (Lipinski definition) is 0. The summed E-state index contributed by atoms with van der Waals surface area (Å²) < 4.78 is 0. The van der Waals surface area contributed by atoms with Crippen LogP contribution in [-0.2, 0) is 0 Å². The predicted octanol–water partition coefficient (Wildman–Crippen LogP) is 14.6. The molecule has 0 unspecified atom stereocenters. The highest BCUT2D eigenvalue weighted by Crippen LogP contribution is 2.52. The van der Waals surface area contributed by atoms with Crippen molar-refractivity contribution in [2.45, 2.75) is 0 Å². The van der Waals surface area contributed by atoms with Crippen molar-refractivity contribution < 1.29 is 0 Å². The summed E-state index contributed by atoms with van der Waals surface area (Å²) in [7, 11) is 0. The third-order valence-electron chi connectivity index (χ3n) is 11.2. The Kier molecular flexibility index (Phi) is 6.35. The summed E-state index contributed by atoms with van der Waals surface area (Å²) in [5, 5.41) is 10.1. The van der Waals surface area contributed by atoms with E-state index >= 15 is 0 Å². The second-order valence-corrected chi connectivity index (χ2v) is 13.9. The van der Waals surface area contributed by atoms with Crippen LogP contribution in [0.1, 0.15) is 0 Å². The maximum Gasteiger partial charge on any atom is -0.00199 e. The molecule has 0 fully saturated rings. The van der Waals surface area contributed by atoms with Gasteiger partial charge in [0.1, 0.15) is 0 Å². The Balaban J connectivity index is 1.27. The zero-order valence-electron chi connectivity index (χ0n) is 28.5. The van der Waals surface area contributed by atoms with E-state index in [9.17, 15) is 0 Å². The van der Waals surface area contributed by atoms with Gasteiger partial charge in [0.15, 0.2) is 0 Å². The van der Waals surface area contributed by atoms with Crippen LogP contribution >= 0.6 is 0 Å². The van der Waals surface area contributed by atoms with Crippen molar-refractivity contribution in [1.29, 1.82) is 0 Å². The Bertz CT molecular complexity index is 2950. The van der Waals surface area contributed by atoms with Gasteiger partial charge in [0.05, 0.1) is 0 Å². The molecular weight excluding hydrogens is 625 g/mol. The summed E-state index contributed by atoms with van der Waals surface area (Å²) in [4.78, 5) is 0. The lowest BCUT2D eigenvalue weighted by molar-refractivity contribution is 1.62. The zero-order valence-corrected chi connectivity index (χ0v) is 28.5. The SMILES string of the molecule is c1ccc(-c2cc3ccccc3cc2-c2c3ccccc3c(-c3ccc4c5c(cccc35)-c3ccccc3-c3ccccc3-4)c3ccccc23)cc1. The highest BCUT2D eigenvalue weighted by Gasteiger charge is 2.25. The minimum atomic E-state index is 1.22. The molecule has 0 aromatic heterocycles. The van der Waals surface area contributed by atoms with Gasteiger partial charge in [-0.05, 0) is 122 Å². The first-order valence-corrected chi connectivity index (χ1v) is 18.1. The minimum absolute atomic E-state index is 1.22. The van der Waals surface area contributed by atoms with Crippen LogP contribution in [0.4, 0.5) is 0 Å². The Hall–Kier alpha value is -6.76. The van der Waals surface area contributed by atoms with Gasteiger partial charge >= 0.3 is 0 Å². The van der Waals surface area contributed by atoms with Crippen molar-refractivity contribution in [3.63, 3.8) is 0 Å². The molecule has 0 heteroatoms. The molecule has 10 aromatic carbocycles. The Morgan fingerprint density at radius 2 is 0.596 bits per heavy atom. The fourth-order valence-corrected chi connectivity index (χ4v) is 8.99. The Labute approximate surface area is 302 Å². The van der Waals surface area contributed by atoms with Crippen molar-refractivity contribution in [2.75, 3.05) is 0 Å². The van der Waals surface area contributed by atoms with E-state index in [-0.39, 0.29) is 0 Å². The van der Waals surface area contributed by atoms with E-state index in [0.717, 1.165) is 0 Å². The Morgan fingerprint density at radius 3 is 1.17 bits per heavy atom. The van der Waals surface area contributed by atoms with E-state index in [4.69, 9.17) is 0 Å². The predicted molar refractivity (Wildman–Crippen MR) is 223 cm³/mol. The summed E-state index contributed by atoms with van der Waals surface area (Å²) in [5.74, 6) is 0. The van der Waals surface area contributed by atoms with Crippen LogP contribution in [0.25, 0.3) is 110 Å². The highest BCUT2D eigenvalue weighted by molar-refractivity contribution is 6.26. The summed E-state index contributed by atoms with van der Waals surface area (Å²) >= 11 is 0. The average molecular weight is 657 g/mol. The van der Waals surface area contributed by atoms with Crippen LogP contribution in [0.5, 0.6) is 0 Å². The first kappa shape index (κ1) is 29.0. The first-order chi connectivity index (χ1) is 25.8. The summed E-state index contributed by atoms with van der Waals surface area (Å²) in [5.41, 5.74) is 15.3. The van der Waals surface area contributed by atoms with Gasteiger partial charge in [-0.2, -0.15) is 0 Å². The van der Waals surface area contributed by atoms with Crippen molar-refractivity contribution in [3.05, 3.63) is 194 Å². The van der Waals surface area contributed by atoms with Crippen LogP contribution in [-0.4, -0.2) is 0 Å². The lowest BCUT2D eigenvalue weighted by atomic mass is 9.81. The van der Waals surface area contributed by atoms with Crippen molar-refractivity contribution in [2.24, 2.45) is 0 Å². The van der Waals surface area contributed by atoms with Gasteiger partial charge in [-0.25, -0.2) is 0 Å². The zero-order chi connectivity index (χ0) is 34.2. The number of hydrogen-bond acceptors (Lipinski definition) is 0. The number of rotatable bonds is 3. The van der Waals surface area contributed by atoms with Gasteiger partial charge in [-0.1, -0.05) is 182 Å². The Morgan fingerprint density at radius 1 is 0.212 bits per heavy atom. The van der Waals surface area contributed by atoms with Crippen LogP contribution in [0.2, 0.25) is 0 Å². The number of fused-ring (bicyclic) bond motifs is 8. The summed E-state index contributed by atoms with van der Waals surface area (Å²) in [6.45, 7) is 0. The highest BCUT2D eigenvalue weighted by atomic mass is 14.3. The maximum atomic E-state index is 2.41. The van der Waals surface area contributed by atoms with Gasteiger partial charge in [-0.15, -0.1) is 0 Å². The van der Waals surface area contributed by atoms with Crippen LogP contribution < -0.4 is 0 Å². The fraction of sp³-hybridized carbons (Fsp3) is 0. The average Bonchev–Trinajstić information content (AvgIpc) is 3.34. The van der Waals surface area contributed by atoms with Gasteiger partial charge < -0.3 is 0 Å². The topological polar surface area (TPSA) is 0 Å². The van der Waals surface area contributed by atoms with E-state index in [1.165, 1.54) is 110 Å². The lowest BCUT2D eigenvalue weighted by Gasteiger charge is -2.22. The van der Waals surface area contributed by atoms with Crippen LogP contribution in [0, 0.1) is 0 Å². The van der Waals surface area contributed by atoms with Crippen LogP contribution in [0.15, 0.2) is 194 Å². The molecule has 52 heavy (non-hydrogen) atoms. The molecule has 0 atom stereocenters. The molecule has 0 amide bonds. The quantitative estimate of drug-likeness (QED) is 0.166. The van der Waals surface area contributed by atoms with E-state index in [1.807, 2.05) is 0 Å². The van der Waals surface area contributed by atoms with Gasteiger partial charge in [0.25, 0.3) is 0 Å². The second kappa shape index (κ2) is 11.4. The monoisotopic (exact) mass is 656 g/mol. The third kappa shape index (κ3) is 4.22. The van der Waals surface area contributed by atoms with Gasteiger partial charge in [-0.3, -0.25) is 0 Å². The molecule has 0 N–H and O–H groups in total. The molecule has 0 spiro atoms. The van der Waals surface area contributed by atoms with E-state index < -0.39 is 0 Å². The number of benzene rings is 10. The van der Waals surface area contributed by atoms with Crippen molar-refractivity contribution in [1.82, 2.24) is 0 Å². The van der Waals surface area contributed by atoms with E-state index in [0.29, 0.717) is 0 Å².